The molecule has 6 nitrogen and oxygen atoms in total. The van der Waals surface area contributed by atoms with Crippen LogP contribution in [0.15, 0.2) is 36.4 Å². The van der Waals surface area contributed by atoms with E-state index in [0.717, 1.165) is 29.5 Å². The highest BCUT2D eigenvalue weighted by atomic mass is 35.5. The minimum absolute atomic E-state index is 0.0347. The van der Waals surface area contributed by atoms with Crippen molar-refractivity contribution in [1.82, 2.24) is 0 Å². The summed E-state index contributed by atoms with van der Waals surface area (Å²) in [5, 5.41) is 5.00. The first-order valence-electron chi connectivity index (χ1n) is 8.54. The summed E-state index contributed by atoms with van der Waals surface area (Å²) >= 11 is 6.76. The van der Waals surface area contributed by atoms with E-state index < -0.39 is 46.4 Å². The van der Waals surface area contributed by atoms with Gasteiger partial charge in [-0.2, -0.15) is 0 Å². The molecule has 0 aliphatic heterocycles. The molecule has 0 bridgehead atoms. The van der Waals surface area contributed by atoms with Gasteiger partial charge in [0, 0.05) is 6.07 Å². The number of primary amides is 1. The molecule has 3 amide bonds. The van der Waals surface area contributed by atoms with E-state index in [9.17, 15) is 27.6 Å². The van der Waals surface area contributed by atoms with Crippen LogP contribution in [0.25, 0.3) is 0 Å². The van der Waals surface area contributed by atoms with Crippen LogP contribution in [0.3, 0.4) is 0 Å². The molecule has 11 heteroatoms. The molecule has 31 heavy (non-hydrogen) atoms. The summed E-state index contributed by atoms with van der Waals surface area (Å²) in [4.78, 5) is 36.3. The smallest absolute Gasteiger partial charge is 0.266 e. The molecule has 160 valence electrons. The molecule has 0 saturated carbocycles. The van der Waals surface area contributed by atoms with Gasteiger partial charge in [0.15, 0.2) is 0 Å². The molecule has 0 aliphatic rings. The molecule has 0 unspecified atom stereocenters. The van der Waals surface area contributed by atoms with Gasteiger partial charge in [0.2, 0.25) is 0 Å². The van der Waals surface area contributed by atoms with Crippen LogP contribution in [0.5, 0.6) is 0 Å². The highest BCUT2D eigenvalue weighted by Gasteiger charge is 2.20. The molecule has 0 spiro atoms. The van der Waals surface area contributed by atoms with Crippen LogP contribution >= 0.6 is 22.9 Å². The van der Waals surface area contributed by atoms with Gasteiger partial charge >= 0.3 is 0 Å². The Balaban J connectivity index is 1.81. The molecular weight excluding hydrogens is 455 g/mol. The zero-order valence-electron chi connectivity index (χ0n) is 15.7. The third-order valence-corrected chi connectivity index (χ3v) is 5.57. The van der Waals surface area contributed by atoms with Gasteiger partial charge in [0.05, 0.1) is 31.7 Å². The lowest BCUT2D eigenvalue weighted by atomic mass is 10.1. The van der Waals surface area contributed by atoms with Crippen molar-refractivity contribution in [2.45, 2.75) is 6.92 Å². The van der Waals surface area contributed by atoms with Crippen molar-refractivity contribution in [2.24, 2.45) is 5.73 Å². The maximum absolute atomic E-state index is 14.0. The Kier molecular flexibility index (Phi) is 6.32. The highest BCUT2D eigenvalue weighted by molar-refractivity contribution is 7.18. The normalized spacial score (nSPS) is 10.6. The Morgan fingerprint density at radius 3 is 2.29 bits per heavy atom. The number of carbonyl (C=O) groups is 3. The summed E-state index contributed by atoms with van der Waals surface area (Å²) in [5.74, 6) is -5.33. The molecule has 1 aromatic heterocycles. The summed E-state index contributed by atoms with van der Waals surface area (Å²) in [6, 6.07) is 6.03. The van der Waals surface area contributed by atoms with E-state index in [2.05, 4.69) is 10.6 Å². The zero-order chi connectivity index (χ0) is 22.9. The Hall–Kier alpha value is -3.37. The molecule has 0 atom stereocenters. The van der Waals surface area contributed by atoms with Gasteiger partial charge in [-0.3, -0.25) is 14.4 Å². The molecule has 0 fully saturated rings. The van der Waals surface area contributed by atoms with Crippen LogP contribution < -0.4 is 16.4 Å². The van der Waals surface area contributed by atoms with E-state index >= 15 is 0 Å². The molecule has 0 aliphatic carbocycles. The van der Waals surface area contributed by atoms with Crippen LogP contribution in [0.2, 0.25) is 5.02 Å². The van der Waals surface area contributed by atoms with E-state index in [1.807, 2.05) is 0 Å². The number of hydrogen-bond donors (Lipinski definition) is 3. The summed E-state index contributed by atoms with van der Waals surface area (Å²) in [5.41, 5.74) is 4.51. The van der Waals surface area contributed by atoms with Gasteiger partial charge in [-0.25, -0.2) is 13.2 Å². The maximum Gasteiger partial charge on any atom is 0.266 e. The van der Waals surface area contributed by atoms with E-state index in [1.54, 1.807) is 6.92 Å². The SMILES string of the molecule is Cc1cc(NC(=O)c2ccc(F)cc2Cl)sc1C(=O)Nc1cc(C(N)=O)c(F)cc1F. The first kappa shape index (κ1) is 22.3. The number of aryl methyl sites for hydroxylation is 1. The second-order valence-electron chi connectivity index (χ2n) is 6.33. The lowest BCUT2D eigenvalue weighted by Gasteiger charge is -2.08. The molecular formula is C20H13ClF3N3O3S. The molecule has 3 rings (SSSR count). The number of carbonyl (C=O) groups excluding carboxylic acids is 3. The third-order valence-electron chi connectivity index (χ3n) is 4.11. The van der Waals surface area contributed by atoms with Crippen molar-refractivity contribution in [2.75, 3.05) is 10.6 Å². The topological polar surface area (TPSA) is 101 Å². The number of nitrogens with two attached hydrogens (primary N) is 1. The summed E-state index contributed by atoms with van der Waals surface area (Å²) in [6.45, 7) is 1.59. The average molecular weight is 468 g/mol. The summed E-state index contributed by atoms with van der Waals surface area (Å²) < 4.78 is 40.8. The number of hydrogen-bond acceptors (Lipinski definition) is 4. The van der Waals surface area contributed by atoms with E-state index in [1.165, 1.54) is 12.1 Å². The van der Waals surface area contributed by atoms with Crippen molar-refractivity contribution in [3.8, 4) is 0 Å². The van der Waals surface area contributed by atoms with Crippen molar-refractivity contribution < 1.29 is 27.6 Å². The van der Waals surface area contributed by atoms with E-state index in [4.69, 9.17) is 17.3 Å². The van der Waals surface area contributed by atoms with Crippen molar-refractivity contribution in [1.29, 1.82) is 0 Å². The first-order chi connectivity index (χ1) is 14.6. The fraction of sp³-hybridized carbons (Fsp3) is 0.0500. The van der Waals surface area contributed by atoms with Crippen molar-refractivity contribution in [3.63, 3.8) is 0 Å². The van der Waals surface area contributed by atoms with Crippen molar-refractivity contribution >= 4 is 51.3 Å². The second kappa shape index (κ2) is 8.78. The molecule has 0 saturated heterocycles. The van der Waals surface area contributed by atoms with Crippen LogP contribution in [0.4, 0.5) is 23.9 Å². The van der Waals surface area contributed by atoms with Gasteiger partial charge in [-0.15, -0.1) is 11.3 Å². The molecule has 1 heterocycles. The standard InChI is InChI=1S/C20H13ClF3N3O3S/c1-8-4-16(27-19(29)10-3-2-9(22)5-12(10)21)31-17(8)20(30)26-15-6-11(18(25)28)13(23)7-14(15)24/h2-7H,1H3,(H2,25,28)(H,26,30)(H,27,29). The van der Waals surface area contributed by atoms with Gasteiger partial charge in [0.1, 0.15) is 17.5 Å². The number of rotatable bonds is 5. The monoisotopic (exact) mass is 467 g/mol. The van der Waals surface area contributed by atoms with Gasteiger partial charge < -0.3 is 16.4 Å². The molecule has 4 N–H and O–H groups in total. The largest absolute Gasteiger partial charge is 0.366 e. The van der Waals surface area contributed by atoms with E-state index in [-0.39, 0.29) is 20.5 Å². The van der Waals surface area contributed by atoms with E-state index in [0.29, 0.717) is 11.6 Å². The maximum atomic E-state index is 14.0. The Bertz CT molecular complexity index is 1230. The molecule has 3 aromatic rings. The first-order valence-corrected chi connectivity index (χ1v) is 9.73. The van der Waals surface area contributed by atoms with Gasteiger partial charge in [0.25, 0.3) is 17.7 Å². The Morgan fingerprint density at radius 1 is 0.935 bits per heavy atom. The zero-order valence-corrected chi connectivity index (χ0v) is 17.3. The minimum Gasteiger partial charge on any atom is -0.366 e. The fourth-order valence-corrected chi connectivity index (χ4v) is 3.85. The number of benzene rings is 2. The van der Waals surface area contributed by atoms with Gasteiger partial charge in [-0.05, 0) is 42.8 Å². The number of amides is 3. The Labute approximate surface area is 182 Å². The lowest BCUT2D eigenvalue weighted by molar-refractivity contribution is 0.0991. The predicted molar refractivity (Wildman–Crippen MR) is 111 cm³/mol. The van der Waals surface area contributed by atoms with Crippen LogP contribution in [-0.2, 0) is 0 Å². The Morgan fingerprint density at radius 2 is 1.65 bits per heavy atom. The highest BCUT2D eigenvalue weighted by Crippen LogP contribution is 2.29. The summed E-state index contributed by atoms with van der Waals surface area (Å²) in [7, 11) is 0. The number of anilines is 2. The lowest BCUT2D eigenvalue weighted by Crippen LogP contribution is -2.17. The molecule has 0 radical (unpaired) electrons. The quantitative estimate of drug-likeness (QED) is 0.505. The number of thiophene rings is 1. The molecule has 2 aromatic carbocycles. The third kappa shape index (κ3) is 4.86. The second-order valence-corrected chi connectivity index (χ2v) is 7.79. The summed E-state index contributed by atoms with van der Waals surface area (Å²) in [6.07, 6.45) is 0. The van der Waals surface area contributed by atoms with Crippen LogP contribution in [0.1, 0.15) is 36.0 Å². The fourth-order valence-electron chi connectivity index (χ4n) is 2.63. The number of nitrogens with one attached hydrogen (secondary N) is 2. The minimum atomic E-state index is -1.15. The average Bonchev–Trinajstić information content (AvgIpc) is 3.03. The van der Waals surface area contributed by atoms with Crippen LogP contribution in [0, 0.1) is 24.4 Å². The predicted octanol–water partition coefficient (Wildman–Crippen LogP) is 4.73. The van der Waals surface area contributed by atoms with Crippen LogP contribution in [-0.4, -0.2) is 17.7 Å². The van der Waals surface area contributed by atoms with Gasteiger partial charge in [-0.1, -0.05) is 11.6 Å². The van der Waals surface area contributed by atoms with Crippen molar-refractivity contribution in [3.05, 3.63) is 80.4 Å². The number of halogens is 4.